The number of carbonyl (C=O) groups excluding carboxylic acids is 1. The zero-order valence-electron chi connectivity index (χ0n) is 8.76. The minimum Gasteiger partial charge on any atom is -0.464 e. The molecule has 0 aliphatic heterocycles. The summed E-state index contributed by atoms with van der Waals surface area (Å²) in [5.74, 6) is -1.36. The highest BCUT2D eigenvalue weighted by molar-refractivity contribution is 5.75. The van der Waals surface area contributed by atoms with Crippen molar-refractivity contribution in [1.82, 2.24) is 0 Å². The molecule has 0 aliphatic rings. The van der Waals surface area contributed by atoms with Crippen molar-refractivity contribution in [3.63, 3.8) is 0 Å². The van der Waals surface area contributed by atoms with Crippen LogP contribution in [0.4, 0.5) is 13.2 Å². The first-order valence-corrected chi connectivity index (χ1v) is 4.78. The number of halogens is 3. The van der Waals surface area contributed by atoms with Gasteiger partial charge in [0.25, 0.3) is 6.10 Å². The maximum Gasteiger partial charge on any atom is 0.425 e. The molecule has 1 atom stereocenters. The van der Waals surface area contributed by atoms with Gasteiger partial charge in [-0.2, -0.15) is 13.2 Å². The van der Waals surface area contributed by atoms with Crippen molar-refractivity contribution < 1.29 is 27.4 Å². The predicted octanol–water partition coefficient (Wildman–Crippen LogP) is 2.30. The van der Waals surface area contributed by atoms with E-state index in [1.54, 1.807) is 0 Å². The lowest BCUT2D eigenvalue weighted by Gasteiger charge is -2.18. The van der Waals surface area contributed by atoms with Crippen LogP contribution in [0.25, 0.3) is 0 Å². The van der Waals surface area contributed by atoms with Crippen LogP contribution in [0.5, 0.6) is 0 Å². The summed E-state index contributed by atoms with van der Waals surface area (Å²) in [7, 11) is 0. The number of alkyl halides is 3. The predicted molar refractivity (Wildman–Crippen MR) is 47.3 cm³/mol. The first-order valence-electron chi connectivity index (χ1n) is 4.78. The third-order valence-corrected chi connectivity index (χ3v) is 1.59. The molecule has 3 nitrogen and oxygen atoms in total. The molecule has 0 aromatic carbocycles. The molecular formula is C9H15F3O3. The molecule has 0 spiro atoms. The SMILES string of the molecule is CCCCOC(=O)C(OCC)C(F)(F)F. The van der Waals surface area contributed by atoms with Gasteiger partial charge in [0.05, 0.1) is 6.61 Å². The zero-order chi connectivity index (χ0) is 11.9. The lowest BCUT2D eigenvalue weighted by molar-refractivity contribution is -0.229. The Balaban J connectivity index is 4.18. The molecule has 0 rings (SSSR count). The number of hydrogen-bond donors (Lipinski definition) is 0. The molecule has 90 valence electrons. The number of hydrogen-bond acceptors (Lipinski definition) is 3. The number of unbranched alkanes of at least 4 members (excludes halogenated alkanes) is 1. The van der Waals surface area contributed by atoms with E-state index < -0.39 is 18.2 Å². The molecule has 1 unspecified atom stereocenters. The van der Waals surface area contributed by atoms with Crippen LogP contribution in [0.1, 0.15) is 26.7 Å². The van der Waals surface area contributed by atoms with E-state index in [0.717, 1.165) is 6.42 Å². The third kappa shape index (κ3) is 5.61. The Morgan fingerprint density at radius 3 is 2.33 bits per heavy atom. The van der Waals surface area contributed by atoms with E-state index in [9.17, 15) is 18.0 Å². The Labute approximate surface area is 86.5 Å². The van der Waals surface area contributed by atoms with Gasteiger partial charge >= 0.3 is 12.1 Å². The summed E-state index contributed by atoms with van der Waals surface area (Å²) in [5.41, 5.74) is 0. The Hall–Kier alpha value is -0.780. The minimum atomic E-state index is -4.71. The highest BCUT2D eigenvalue weighted by Gasteiger charge is 2.47. The Kier molecular flexibility index (Phi) is 6.31. The lowest BCUT2D eigenvalue weighted by atomic mass is 10.3. The molecule has 15 heavy (non-hydrogen) atoms. The normalized spacial score (nSPS) is 13.7. The van der Waals surface area contributed by atoms with E-state index in [0.29, 0.717) is 6.42 Å². The standard InChI is InChI=1S/C9H15F3O3/c1-3-5-6-15-8(13)7(14-4-2)9(10,11)12/h7H,3-6H2,1-2H3. The van der Waals surface area contributed by atoms with Crippen LogP contribution in [-0.4, -0.2) is 31.5 Å². The third-order valence-electron chi connectivity index (χ3n) is 1.59. The quantitative estimate of drug-likeness (QED) is 0.517. The van der Waals surface area contributed by atoms with Gasteiger partial charge in [-0.05, 0) is 13.3 Å². The fourth-order valence-corrected chi connectivity index (χ4v) is 0.856. The Bertz CT molecular complexity index is 192. The molecule has 0 N–H and O–H groups in total. The Morgan fingerprint density at radius 1 is 1.33 bits per heavy atom. The highest BCUT2D eigenvalue weighted by Crippen LogP contribution is 2.23. The Morgan fingerprint density at radius 2 is 1.93 bits per heavy atom. The first-order chi connectivity index (χ1) is 6.93. The highest BCUT2D eigenvalue weighted by atomic mass is 19.4. The molecule has 0 aliphatic carbocycles. The second-order valence-corrected chi connectivity index (χ2v) is 2.90. The van der Waals surface area contributed by atoms with Gasteiger partial charge in [0, 0.05) is 6.61 Å². The number of esters is 1. The van der Waals surface area contributed by atoms with Crippen molar-refractivity contribution >= 4 is 5.97 Å². The van der Waals surface area contributed by atoms with Gasteiger partial charge in [-0.3, -0.25) is 0 Å². The number of carbonyl (C=O) groups is 1. The van der Waals surface area contributed by atoms with E-state index in [-0.39, 0.29) is 13.2 Å². The van der Waals surface area contributed by atoms with E-state index in [1.807, 2.05) is 6.92 Å². The largest absolute Gasteiger partial charge is 0.464 e. The van der Waals surface area contributed by atoms with Crippen LogP contribution in [-0.2, 0) is 14.3 Å². The summed E-state index contributed by atoms with van der Waals surface area (Å²) >= 11 is 0. The summed E-state index contributed by atoms with van der Waals surface area (Å²) < 4.78 is 45.5. The number of ether oxygens (including phenoxy) is 2. The van der Waals surface area contributed by atoms with Crippen LogP contribution in [0.3, 0.4) is 0 Å². The molecule has 0 aromatic heterocycles. The van der Waals surface area contributed by atoms with Gasteiger partial charge in [0.1, 0.15) is 0 Å². The average molecular weight is 228 g/mol. The topological polar surface area (TPSA) is 35.5 Å². The van der Waals surface area contributed by atoms with Crippen LogP contribution >= 0.6 is 0 Å². The summed E-state index contributed by atoms with van der Waals surface area (Å²) in [6.45, 7) is 3.04. The van der Waals surface area contributed by atoms with Crippen molar-refractivity contribution in [3.05, 3.63) is 0 Å². The van der Waals surface area contributed by atoms with Crippen LogP contribution in [0.15, 0.2) is 0 Å². The molecule has 6 heteroatoms. The maximum atomic E-state index is 12.2. The monoisotopic (exact) mass is 228 g/mol. The van der Waals surface area contributed by atoms with Gasteiger partial charge in [0.2, 0.25) is 0 Å². The molecule has 0 fully saturated rings. The van der Waals surface area contributed by atoms with Crippen LogP contribution < -0.4 is 0 Å². The summed E-state index contributed by atoms with van der Waals surface area (Å²) in [6, 6.07) is 0. The number of rotatable bonds is 6. The second-order valence-electron chi connectivity index (χ2n) is 2.90. The fraction of sp³-hybridized carbons (Fsp3) is 0.889. The second kappa shape index (κ2) is 6.66. The molecular weight excluding hydrogens is 213 g/mol. The van der Waals surface area contributed by atoms with Gasteiger partial charge < -0.3 is 9.47 Å². The van der Waals surface area contributed by atoms with Crippen molar-refractivity contribution in [3.8, 4) is 0 Å². The van der Waals surface area contributed by atoms with E-state index >= 15 is 0 Å². The zero-order valence-corrected chi connectivity index (χ0v) is 8.76. The first kappa shape index (κ1) is 14.2. The minimum absolute atomic E-state index is 0.00497. The van der Waals surface area contributed by atoms with Gasteiger partial charge in [-0.1, -0.05) is 13.3 Å². The maximum absolute atomic E-state index is 12.2. The smallest absolute Gasteiger partial charge is 0.425 e. The van der Waals surface area contributed by atoms with Gasteiger partial charge in [0.15, 0.2) is 0 Å². The molecule has 0 saturated carbocycles. The molecule has 0 saturated heterocycles. The van der Waals surface area contributed by atoms with Crippen molar-refractivity contribution in [2.45, 2.75) is 39.0 Å². The summed E-state index contributed by atoms with van der Waals surface area (Å²) in [4.78, 5) is 11.0. The molecule has 0 aromatic rings. The van der Waals surface area contributed by atoms with Crippen molar-refractivity contribution in [2.75, 3.05) is 13.2 Å². The molecule has 0 amide bonds. The van der Waals surface area contributed by atoms with E-state index in [2.05, 4.69) is 9.47 Å². The fourth-order valence-electron chi connectivity index (χ4n) is 0.856. The average Bonchev–Trinajstić information content (AvgIpc) is 2.12. The van der Waals surface area contributed by atoms with Crippen molar-refractivity contribution in [2.24, 2.45) is 0 Å². The molecule has 0 radical (unpaired) electrons. The molecule has 0 bridgehead atoms. The van der Waals surface area contributed by atoms with E-state index in [1.165, 1.54) is 6.92 Å². The lowest BCUT2D eigenvalue weighted by Crippen LogP contribution is -2.40. The summed E-state index contributed by atoms with van der Waals surface area (Å²) in [6.07, 6.45) is -5.88. The van der Waals surface area contributed by atoms with Gasteiger partial charge in [-0.25, -0.2) is 4.79 Å². The van der Waals surface area contributed by atoms with Crippen LogP contribution in [0, 0.1) is 0 Å². The van der Waals surface area contributed by atoms with Crippen LogP contribution in [0.2, 0.25) is 0 Å². The van der Waals surface area contributed by atoms with E-state index in [4.69, 9.17) is 0 Å². The van der Waals surface area contributed by atoms with Crippen molar-refractivity contribution in [1.29, 1.82) is 0 Å². The summed E-state index contributed by atoms with van der Waals surface area (Å²) in [5, 5.41) is 0. The van der Waals surface area contributed by atoms with Gasteiger partial charge in [-0.15, -0.1) is 0 Å². The molecule has 0 heterocycles.